The van der Waals surface area contributed by atoms with Gasteiger partial charge in [0.15, 0.2) is 0 Å². The molecule has 15 heavy (non-hydrogen) atoms. The van der Waals surface area contributed by atoms with Crippen molar-refractivity contribution >= 4 is 11.6 Å². The Morgan fingerprint density at radius 3 is 2.47 bits per heavy atom. The molecule has 0 bridgehead atoms. The number of hydrogen-bond donors (Lipinski definition) is 1. The van der Waals surface area contributed by atoms with Gasteiger partial charge >= 0.3 is 0 Å². The predicted octanol–water partition coefficient (Wildman–Crippen LogP) is 3.29. The Hall–Kier alpha value is -1.04. The maximum absolute atomic E-state index is 8.83. The van der Waals surface area contributed by atoms with E-state index in [9.17, 15) is 0 Å². The summed E-state index contributed by atoms with van der Waals surface area (Å²) in [5.41, 5.74) is 1.15. The van der Waals surface area contributed by atoms with E-state index in [0.29, 0.717) is 0 Å². The van der Waals surface area contributed by atoms with Crippen molar-refractivity contribution in [2.75, 3.05) is 0 Å². The molecule has 2 nitrogen and oxygen atoms in total. The molecule has 0 aliphatic heterocycles. The highest BCUT2D eigenvalue weighted by molar-refractivity contribution is 6.30. The van der Waals surface area contributed by atoms with Crippen molar-refractivity contribution in [1.82, 2.24) is 5.32 Å². The lowest BCUT2D eigenvalue weighted by molar-refractivity contribution is 0.508. The van der Waals surface area contributed by atoms with Gasteiger partial charge in [0, 0.05) is 11.1 Å². The highest BCUT2D eigenvalue weighted by Crippen LogP contribution is 2.16. The molecule has 1 N–H and O–H groups in total. The molecule has 0 aliphatic carbocycles. The van der Waals surface area contributed by atoms with Gasteiger partial charge in [0.05, 0.1) is 12.1 Å². The zero-order chi connectivity index (χ0) is 11.3. The fraction of sp³-hybridized carbons (Fsp3) is 0.417. The van der Waals surface area contributed by atoms with Crippen LogP contribution in [-0.4, -0.2) is 6.04 Å². The van der Waals surface area contributed by atoms with Crippen LogP contribution in [0.15, 0.2) is 24.3 Å². The van der Waals surface area contributed by atoms with Crippen LogP contribution in [0.1, 0.15) is 31.9 Å². The quantitative estimate of drug-likeness (QED) is 0.849. The average molecular weight is 223 g/mol. The molecule has 0 saturated carbocycles. The van der Waals surface area contributed by atoms with Crippen LogP contribution < -0.4 is 5.32 Å². The Morgan fingerprint density at radius 2 is 2.00 bits per heavy atom. The summed E-state index contributed by atoms with van der Waals surface area (Å²) in [4.78, 5) is 0. The summed E-state index contributed by atoms with van der Waals surface area (Å²) in [5, 5.41) is 12.8. The Morgan fingerprint density at radius 1 is 1.40 bits per heavy atom. The van der Waals surface area contributed by atoms with E-state index >= 15 is 0 Å². The van der Waals surface area contributed by atoms with E-state index in [4.69, 9.17) is 16.9 Å². The number of nitriles is 1. The van der Waals surface area contributed by atoms with Gasteiger partial charge in [-0.05, 0) is 31.0 Å². The second kappa shape index (κ2) is 5.75. The first-order valence-corrected chi connectivity index (χ1v) is 5.46. The molecule has 1 aromatic rings. The van der Waals surface area contributed by atoms with Gasteiger partial charge in [-0.15, -0.1) is 0 Å². The van der Waals surface area contributed by atoms with E-state index in [1.54, 1.807) is 0 Å². The first-order chi connectivity index (χ1) is 7.17. The molecule has 0 aromatic heterocycles. The average Bonchev–Trinajstić information content (AvgIpc) is 2.26. The minimum absolute atomic E-state index is 0.0873. The smallest absolute Gasteiger partial charge is 0.0954 e. The molecule has 0 fully saturated rings. The maximum Gasteiger partial charge on any atom is 0.0954 e. The predicted molar refractivity (Wildman–Crippen MR) is 62.7 cm³/mol. The summed E-state index contributed by atoms with van der Waals surface area (Å²) >= 11 is 5.80. The normalized spacial score (nSPS) is 14.3. The summed E-state index contributed by atoms with van der Waals surface area (Å²) in [5.74, 6) is 0. The number of halogens is 1. The standard InChI is InChI=1S/C12H15ClN2/c1-3-12(8-14)15-9(2)10-4-6-11(13)7-5-10/h4-7,9,12,15H,3H2,1-2H3. The summed E-state index contributed by atoms with van der Waals surface area (Å²) in [7, 11) is 0. The van der Waals surface area contributed by atoms with Crippen molar-refractivity contribution in [1.29, 1.82) is 5.26 Å². The molecule has 0 saturated heterocycles. The molecule has 0 amide bonds. The van der Waals surface area contributed by atoms with Crippen molar-refractivity contribution in [3.63, 3.8) is 0 Å². The number of rotatable bonds is 4. The highest BCUT2D eigenvalue weighted by atomic mass is 35.5. The summed E-state index contributed by atoms with van der Waals surface area (Å²) in [6.45, 7) is 4.04. The van der Waals surface area contributed by atoms with Gasteiger partial charge in [-0.1, -0.05) is 30.7 Å². The summed E-state index contributed by atoms with van der Waals surface area (Å²) in [6.07, 6.45) is 0.814. The lowest BCUT2D eigenvalue weighted by Gasteiger charge is -2.17. The molecule has 1 rings (SSSR count). The Bertz CT molecular complexity index is 340. The fourth-order valence-corrected chi connectivity index (χ4v) is 1.52. The van der Waals surface area contributed by atoms with Crippen molar-refractivity contribution in [3.8, 4) is 6.07 Å². The van der Waals surface area contributed by atoms with Crippen LogP contribution in [0.5, 0.6) is 0 Å². The van der Waals surface area contributed by atoms with E-state index in [1.807, 2.05) is 38.1 Å². The van der Waals surface area contributed by atoms with E-state index in [0.717, 1.165) is 17.0 Å². The Balaban J connectivity index is 2.65. The zero-order valence-corrected chi connectivity index (χ0v) is 9.75. The minimum atomic E-state index is -0.0873. The molecule has 2 unspecified atom stereocenters. The van der Waals surface area contributed by atoms with Gasteiger partial charge < -0.3 is 0 Å². The van der Waals surface area contributed by atoms with Crippen molar-refractivity contribution in [2.24, 2.45) is 0 Å². The molecule has 0 aliphatic rings. The van der Waals surface area contributed by atoms with E-state index in [1.165, 1.54) is 0 Å². The van der Waals surface area contributed by atoms with Crippen molar-refractivity contribution < 1.29 is 0 Å². The first kappa shape index (κ1) is 12.0. The lowest BCUT2D eigenvalue weighted by Crippen LogP contribution is -2.29. The second-order valence-electron chi connectivity index (χ2n) is 3.53. The lowest BCUT2D eigenvalue weighted by atomic mass is 10.1. The monoisotopic (exact) mass is 222 g/mol. The van der Waals surface area contributed by atoms with E-state index in [-0.39, 0.29) is 12.1 Å². The number of hydrogen-bond acceptors (Lipinski definition) is 2. The van der Waals surface area contributed by atoms with E-state index in [2.05, 4.69) is 11.4 Å². The largest absolute Gasteiger partial charge is 0.295 e. The fourth-order valence-electron chi connectivity index (χ4n) is 1.40. The topological polar surface area (TPSA) is 35.8 Å². The number of benzene rings is 1. The molecular weight excluding hydrogens is 208 g/mol. The van der Waals surface area contributed by atoms with Gasteiger partial charge in [0.2, 0.25) is 0 Å². The molecule has 3 heteroatoms. The van der Waals surface area contributed by atoms with Crippen LogP contribution in [0.4, 0.5) is 0 Å². The van der Waals surface area contributed by atoms with Gasteiger partial charge in [0.1, 0.15) is 0 Å². The third kappa shape index (κ3) is 3.54. The van der Waals surface area contributed by atoms with Gasteiger partial charge in [-0.25, -0.2) is 0 Å². The molecule has 2 atom stereocenters. The molecular formula is C12H15ClN2. The van der Waals surface area contributed by atoms with Crippen molar-refractivity contribution in [2.45, 2.75) is 32.4 Å². The van der Waals surface area contributed by atoms with Crippen LogP contribution >= 0.6 is 11.6 Å². The van der Waals surface area contributed by atoms with Crippen molar-refractivity contribution in [3.05, 3.63) is 34.9 Å². The summed E-state index contributed by atoms with van der Waals surface area (Å²) < 4.78 is 0. The maximum atomic E-state index is 8.83. The third-order valence-corrected chi connectivity index (χ3v) is 2.64. The SMILES string of the molecule is CCC(C#N)NC(C)c1ccc(Cl)cc1. The van der Waals surface area contributed by atoms with E-state index < -0.39 is 0 Å². The molecule has 0 spiro atoms. The van der Waals surface area contributed by atoms with Gasteiger partial charge in [-0.2, -0.15) is 5.26 Å². The number of nitrogens with one attached hydrogen (secondary N) is 1. The van der Waals surface area contributed by atoms with Gasteiger partial charge in [0.25, 0.3) is 0 Å². The number of nitrogens with zero attached hydrogens (tertiary/aromatic N) is 1. The highest BCUT2D eigenvalue weighted by Gasteiger charge is 2.10. The van der Waals surface area contributed by atoms with Crippen LogP contribution in [0.2, 0.25) is 5.02 Å². The third-order valence-electron chi connectivity index (χ3n) is 2.39. The second-order valence-corrected chi connectivity index (χ2v) is 3.97. The molecule has 80 valence electrons. The minimum Gasteiger partial charge on any atom is -0.295 e. The zero-order valence-electron chi connectivity index (χ0n) is 9.00. The summed E-state index contributed by atoms with van der Waals surface area (Å²) in [6, 6.07) is 9.99. The first-order valence-electron chi connectivity index (χ1n) is 5.08. The molecule has 0 radical (unpaired) electrons. The Kier molecular flexibility index (Phi) is 4.61. The van der Waals surface area contributed by atoms with Crippen LogP contribution in [0.3, 0.4) is 0 Å². The Labute approximate surface area is 95.9 Å². The van der Waals surface area contributed by atoms with Crippen LogP contribution in [-0.2, 0) is 0 Å². The van der Waals surface area contributed by atoms with Gasteiger partial charge in [-0.3, -0.25) is 5.32 Å². The van der Waals surface area contributed by atoms with Crippen LogP contribution in [0.25, 0.3) is 0 Å². The molecule has 0 heterocycles. The van der Waals surface area contributed by atoms with Crippen LogP contribution in [0, 0.1) is 11.3 Å². The molecule has 1 aromatic carbocycles.